The molecule has 26 heavy (non-hydrogen) atoms. The number of anilines is 1. The van der Waals surface area contributed by atoms with Gasteiger partial charge in [-0.2, -0.15) is 0 Å². The highest BCUT2D eigenvalue weighted by Crippen LogP contribution is 2.25. The zero-order valence-corrected chi connectivity index (χ0v) is 14.6. The summed E-state index contributed by atoms with van der Waals surface area (Å²) in [7, 11) is 0. The Balaban J connectivity index is 1.63. The molecule has 2 aromatic carbocycles. The fourth-order valence-electron chi connectivity index (χ4n) is 2.42. The molecule has 0 atom stereocenters. The maximum Gasteiger partial charge on any atom is 0.224 e. The molecule has 1 aromatic heterocycles. The minimum Gasteiger partial charge on any atom is -0.441 e. The van der Waals surface area contributed by atoms with Gasteiger partial charge in [0.15, 0.2) is 11.7 Å². The Labute approximate surface area is 153 Å². The van der Waals surface area contributed by atoms with Gasteiger partial charge < -0.3 is 9.73 Å². The largest absolute Gasteiger partial charge is 0.441 e. The van der Waals surface area contributed by atoms with Crippen LogP contribution < -0.4 is 5.32 Å². The van der Waals surface area contributed by atoms with Crippen LogP contribution in [0.25, 0.3) is 11.3 Å². The van der Waals surface area contributed by atoms with Crippen LogP contribution in [0.1, 0.15) is 17.9 Å². The van der Waals surface area contributed by atoms with Crippen LogP contribution in [-0.2, 0) is 11.2 Å². The maximum absolute atomic E-state index is 13.8. The molecule has 3 rings (SSSR count). The SMILES string of the molecule is Cc1c(Cl)cccc1NC(=O)CCc1ncc(-c2ccc(F)cc2F)o1. The monoisotopic (exact) mass is 376 g/mol. The zero-order chi connectivity index (χ0) is 18.7. The molecular weight excluding hydrogens is 362 g/mol. The van der Waals surface area contributed by atoms with E-state index in [-0.39, 0.29) is 30.1 Å². The minimum absolute atomic E-state index is 0.115. The third kappa shape index (κ3) is 4.08. The summed E-state index contributed by atoms with van der Waals surface area (Å²) in [6, 6.07) is 8.46. The summed E-state index contributed by atoms with van der Waals surface area (Å²) in [6.07, 6.45) is 1.73. The van der Waals surface area contributed by atoms with Crippen LogP contribution in [0.5, 0.6) is 0 Å². The lowest BCUT2D eigenvalue weighted by atomic mass is 10.2. The molecule has 0 saturated heterocycles. The molecule has 0 aliphatic heterocycles. The van der Waals surface area contributed by atoms with Crippen LogP contribution in [0.3, 0.4) is 0 Å². The van der Waals surface area contributed by atoms with Crippen LogP contribution in [0.4, 0.5) is 14.5 Å². The first-order valence-electron chi connectivity index (χ1n) is 7.89. The predicted molar refractivity (Wildman–Crippen MR) is 95.0 cm³/mol. The first-order chi connectivity index (χ1) is 12.4. The summed E-state index contributed by atoms with van der Waals surface area (Å²) in [4.78, 5) is 16.1. The number of nitrogens with one attached hydrogen (secondary N) is 1. The Bertz CT molecular complexity index is 956. The highest BCUT2D eigenvalue weighted by molar-refractivity contribution is 6.31. The Morgan fingerprint density at radius 1 is 1.27 bits per heavy atom. The second-order valence-electron chi connectivity index (χ2n) is 5.70. The van der Waals surface area contributed by atoms with Crippen molar-refractivity contribution in [2.45, 2.75) is 19.8 Å². The van der Waals surface area contributed by atoms with Gasteiger partial charge >= 0.3 is 0 Å². The van der Waals surface area contributed by atoms with E-state index in [1.807, 2.05) is 6.92 Å². The minimum atomic E-state index is -0.734. The number of aryl methyl sites for hydroxylation is 1. The van der Waals surface area contributed by atoms with Gasteiger partial charge in [0.1, 0.15) is 11.6 Å². The van der Waals surface area contributed by atoms with E-state index in [4.69, 9.17) is 16.0 Å². The number of carbonyl (C=O) groups is 1. The average molecular weight is 377 g/mol. The van der Waals surface area contributed by atoms with E-state index < -0.39 is 11.6 Å². The number of aromatic nitrogens is 1. The van der Waals surface area contributed by atoms with Gasteiger partial charge in [0.25, 0.3) is 0 Å². The van der Waals surface area contributed by atoms with Gasteiger partial charge in [0, 0.05) is 29.6 Å². The molecule has 1 heterocycles. The van der Waals surface area contributed by atoms with Crippen molar-refractivity contribution < 1.29 is 18.0 Å². The quantitative estimate of drug-likeness (QED) is 0.669. The van der Waals surface area contributed by atoms with Gasteiger partial charge in [-0.3, -0.25) is 4.79 Å². The van der Waals surface area contributed by atoms with Crippen LogP contribution in [0.2, 0.25) is 5.02 Å². The topological polar surface area (TPSA) is 55.1 Å². The summed E-state index contributed by atoms with van der Waals surface area (Å²) in [6.45, 7) is 1.82. The van der Waals surface area contributed by atoms with Gasteiger partial charge in [-0.15, -0.1) is 0 Å². The molecule has 1 amide bonds. The van der Waals surface area contributed by atoms with Gasteiger partial charge in [0.2, 0.25) is 5.91 Å². The summed E-state index contributed by atoms with van der Waals surface area (Å²) < 4.78 is 32.2. The highest BCUT2D eigenvalue weighted by Gasteiger charge is 2.13. The smallest absolute Gasteiger partial charge is 0.224 e. The van der Waals surface area contributed by atoms with Crippen molar-refractivity contribution in [3.8, 4) is 11.3 Å². The summed E-state index contributed by atoms with van der Waals surface area (Å²) in [5.74, 6) is -1.14. The zero-order valence-electron chi connectivity index (χ0n) is 13.9. The predicted octanol–water partition coefficient (Wildman–Crippen LogP) is 5.15. The first-order valence-corrected chi connectivity index (χ1v) is 8.27. The Morgan fingerprint density at radius 2 is 2.08 bits per heavy atom. The molecule has 1 N–H and O–H groups in total. The normalized spacial score (nSPS) is 10.8. The number of nitrogens with zero attached hydrogens (tertiary/aromatic N) is 1. The summed E-state index contributed by atoms with van der Waals surface area (Å²) in [5.41, 5.74) is 1.54. The van der Waals surface area contributed by atoms with Crippen molar-refractivity contribution in [3.05, 3.63) is 70.7 Å². The van der Waals surface area contributed by atoms with Crippen molar-refractivity contribution in [3.63, 3.8) is 0 Å². The van der Waals surface area contributed by atoms with Crippen LogP contribution in [0.15, 0.2) is 47.0 Å². The number of halogens is 3. The molecule has 0 aliphatic rings. The molecule has 0 saturated carbocycles. The second kappa shape index (κ2) is 7.66. The molecule has 0 bridgehead atoms. The molecule has 134 valence electrons. The van der Waals surface area contributed by atoms with Crippen molar-refractivity contribution in [2.75, 3.05) is 5.32 Å². The maximum atomic E-state index is 13.8. The van der Waals surface area contributed by atoms with E-state index in [2.05, 4.69) is 10.3 Å². The van der Waals surface area contributed by atoms with E-state index in [9.17, 15) is 13.6 Å². The van der Waals surface area contributed by atoms with Crippen LogP contribution in [-0.4, -0.2) is 10.9 Å². The number of rotatable bonds is 5. The van der Waals surface area contributed by atoms with E-state index in [0.29, 0.717) is 16.6 Å². The average Bonchev–Trinajstić information content (AvgIpc) is 3.06. The number of oxazole rings is 1. The molecule has 0 spiro atoms. The van der Waals surface area contributed by atoms with E-state index in [1.165, 1.54) is 12.3 Å². The molecular formula is C19H15ClF2N2O2. The fourth-order valence-corrected chi connectivity index (χ4v) is 2.59. The third-order valence-corrected chi connectivity index (χ3v) is 4.27. The Hall–Kier alpha value is -2.73. The summed E-state index contributed by atoms with van der Waals surface area (Å²) >= 11 is 6.02. The molecule has 0 fully saturated rings. The van der Waals surface area contributed by atoms with Crippen LogP contribution >= 0.6 is 11.6 Å². The van der Waals surface area contributed by atoms with Crippen LogP contribution in [0, 0.1) is 18.6 Å². The Morgan fingerprint density at radius 3 is 2.85 bits per heavy atom. The van der Waals surface area contributed by atoms with Crippen molar-refractivity contribution in [2.24, 2.45) is 0 Å². The van der Waals surface area contributed by atoms with Crippen molar-refractivity contribution >= 4 is 23.2 Å². The van der Waals surface area contributed by atoms with Crippen molar-refractivity contribution in [1.82, 2.24) is 4.98 Å². The number of hydrogen-bond donors (Lipinski definition) is 1. The first kappa shape index (κ1) is 18.1. The van der Waals surface area contributed by atoms with E-state index in [1.54, 1.807) is 18.2 Å². The third-order valence-electron chi connectivity index (χ3n) is 3.86. The molecule has 4 nitrogen and oxygen atoms in total. The molecule has 0 unspecified atom stereocenters. The van der Waals surface area contributed by atoms with Gasteiger partial charge in [-0.25, -0.2) is 13.8 Å². The van der Waals surface area contributed by atoms with E-state index in [0.717, 1.165) is 17.7 Å². The molecule has 3 aromatic rings. The Kier molecular flexibility index (Phi) is 5.32. The molecule has 0 aliphatic carbocycles. The van der Waals surface area contributed by atoms with Gasteiger partial charge in [-0.1, -0.05) is 17.7 Å². The van der Waals surface area contributed by atoms with Gasteiger partial charge in [-0.05, 0) is 36.8 Å². The number of carbonyl (C=O) groups excluding carboxylic acids is 1. The number of hydrogen-bond acceptors (Lipinski definition) is 3. The number of benzene rings is 2. The van der Waals surface area contributed by atoms with Gasteiger partial charge in [0.05, 0.1) is 11.8 Å². The number of amides is 1. The lowest BCUT2D eigenvalue weighted by Crippen LogP contribution is -2.13. The second-order valence-corrected chi connectivity index (χ2v) is 6.11. The summed E-state index contributed by atoms with van der Waals surface area (Å²) in [5, 5.41) is 3.35. The fraction of sp³-hybridized carbons (Fsp3) is 0.158. The lowest BCUT2D eigenvalue weighted by molar-refractivity contribution is -0.116. The van der Waals surface area contributed by atoms with E-state index >= 15 is 0 Å². The lowest BCUT2D eigenvalue weighted by Gasteiger charge is -2.08. The van der Waals surface area contributed by atoms with Crippen molar-refractivity contribution in [1.29, 1.82) is 0 Å². The molecule has 7 heteroatoms. The molecule has 0 radical (unpaired) electrons. The highest BCUT2D eigenvalue weighted by atomic mass is 35.5. The standard InChI is InChI=1S/C19H15ClF2N2O2/c1-11-14(20)3-2-4-16(11)24-18(25)7-8-19-23-10-17(26-19)13-6-5-12(21)9-15(13)22/h2-6,9-10H,7-8H2,1H3,(H,24,25).